The first-order valence-electron chi connectivity index (χ1n) is 7.22. The van der Waals surface area contributed by atoms with Gasteiger partial charge < -0.3 is 10.2 Å². The van der Waals surface area contributed by atoms with Crippen LogP contribution in [-0.4, -0.2) is 58.8 Å². The molecule has 1 fully saturated rings. The fraction of sp³-hybridized carbons (Fsp3) is 0.714. The van der Waals surface area contributed by atoms with Gasteiger partial charge in [-0.2, -0.15) is 11.8 Å². The van der Waals surface area contributed by atoms with Crippen LogP contribution in [0.3, 0.4) is 0 Å². The number of guanidine groups is 1. The number of thiazole rings is 1. The topological polar surface area (TPSA) is 40.5 Å². The molecule has 0 atom stereocenters. The Bertz CT molecular complexity index is 445. The van der Waals surface area contributed by atoms with E-state index in [4.69, 9.17) is 0 Å². The summed E-state index contributed by atoms with van der Waals surface area (Å²) in [6, 6.07) is 0. The summed E-state index contributed by atoms with van der Waals surface area (Å²) in [6.07, 6.45) is 2.98. The minimum atomic E-state index is 0.316. The van der Waals surface area contributed by atoms with Gasteiger partial charge in [0.15, 0.2) is 5.96 Å². The zero-order chi connectivity index (χ0) is 15.1. The molecule has 1 aliphatic heterocycles. The Hall–Kier alpha value is -0.400. The molecule has 2 rings (SSSR count). The minimum absolute atomic E-state index is 0.316. The van der Waals surface area contributed by atoms with Gasteiger partial charge in [-0.1, -0.05) is 11.8 Å². The van der Waals surface area contributed by atoms with E-state index >= 15 is 0 Å². The Morgan fingerprint density at radius 3 is 3.10 bits per heavy atom. The van der Waals surface area contributed by atoms with Gasteiger partial charge in [0.25, 0.3) is 0 Å². The molecule has 1 aromatic rings. The normalized spacial score (nSPS) is 18.8. The third-order valence-electron chi connectivity index (χ3n) is 3.18. The van der Waals surface area contributed by atoms with Gasteiger partial charge >= 0.3 is 0 Å². The van der Waals surface area contributed by atoms with Gasteiger partial charge in [-0.05, 0) is 20.3 Å². The van der Waals surface area contributed by atoms with Gasteiger partial charge in [-0.15, -0.1) is 11.3 Å². The van der Waals surface area contributed by atoms with E-state index in [-0.39, 0.29) is 0 Å². The van der Waals surface area contributed by atoms with Crippen molar-refractivity contribution in [2.24, 2.45) is 4.99 Å². The Morgan fingerprint density at radius 2 is 2.43 bits per heavy atom. The highest BCUT2D eigenvalue weighted by Gasteiger charge is 2.28. The van der Waals surface area contributed by atoms with Gasteiger partial charge in [0, 0.05) is 54.5 Å². The van der Waals surface area contributed by atoms with Crippen LogP contribution in [0, 0.1) is 0 Å². The predicted molar refractivity (Wildman–Crippen MR) is 96.9 cm³/mol. The zero-order valence-electron chi connectivity index (χ0n) is 13.0. The summed E-state index contributed by atoms with van der Waals surface area (Å²) in [5, 5.41) is 5.52. The molecule has 0 unspecified atom stereocenters. The van der Waals surface area contributed by atoms with Crippen molar-refractivity contribution in [2.45, 2.75) is 29.4 Å². The van der Waals surface area contributed by atoms with Crippen LogP contribution < -0.4 is 5.32 Å². The Kier molecular flexibility index (Phi) is 6.70. The molecule has 1 aromatic heterocycles. The smallest absolute Gasteiger partial charge is 0.193 e. The predicted octanol–water partition coefficient (Wildman–Crippen LogP) is 3.03. The van der Waals surface area contributed by atoms with E-state index in [1.165, 1.54) is 5.75 Å². The van der Waals surface area contributed by atoms with E-state index in [0.717, 1.165) is 42.1 Å². The maximum atomic E-state index is 4.43. The highest BCUT2D eigenvalue weighted by Crippen LogP contribution is 2.29. The quantitative estimate of drug-likeness (QED) is 0.385. The number of aromatic nitrogens is 1. The Balaban J connectivity index is 1.68. The summed E-state index contributed by atoms with van der Waals surface area (Å²) in [7, 11) is 1.88. The fourth-order valence-corrected chi connectivity index (χ4v) is 5.00. The third kappa shape index (κ3) is 5.71. The number of nitrogens with one attached hydrogen (secondary N) is 1. The molecule has 0 saturated carbocycles. The summed E-state index contributed by atoms with van der Waals surface area (Å²) in [5.41, 5.74) is 0. The molecule has 0 aromatic carbocycles. The summed E-state index contributed by atoms with van der Waals surface area (Å²) >= 11 is 5.59. The standard InChI is InChI=1S/C14H24N4S3/c1-14(2)11-18(7-10-21-14)12(15-3)16-5-4-8-19-13-17-6-9-20-13/h6,9H,4-5,7-8,10-11H2,1-3H3,(H,15,16). The molecule has 1 aliphatic rings. The molecule has 1 N–H and O–H groups in total. The van der Waals surface area contributed by atoms with E-state index in [9.17, 15) is 0 Å². The van der Waals surface area contributed by atoms with Gasteiger partial charge in [-0.25, -0.2) is 4.98 Å². The van der Waals surface area contributed by atoms with Crippen molar-refractivity contribution < 1.29 is 0 Å². The summed E-state index contributed by atoms with van der Waals surface area (Å²) in [5.74, 6) is 3.31. The van der Waals surface area contributed by atoms with E-state index in [0.29, 0.717) is 4.75 Å². The average molecular weight is 345 g/mol. The van der Waals surface area contributed by atoms with Crippen LogP contribution in [0.5, 0.6) is 0 Å². The second-order valence-corrected chi connectivity index (χ2v) is 9.54. The zero-order valence-corrected chi connectivity index (χ0v) is 15.4. The number of rotatable bonds is 5. The first kappa shape index (κ1) is 17.0. The lowest BCUT2D eigenvalue weighted by atomic mass is 10.2. The number of thioether (sulfide) groups is 2. The molecule has 1 saturated heterocycles. The Morgan fingerprint density at radius 1 is 1.57 bits per heavy atom. The molecule has 0 aliphatic carbocycles. The Labute approximate surface area is 140 Å². The molecule has 0 radical (unpaired) electrons. The maximum absolute atomic E-state index is 4.43. The monoisotopic (exact) mass is 344 g/mol. The van der Waals surface area contributed by atoms with Gasteiger partial charge in [-0.3, -0.25) is 4.99 Å². The van der Waals surface area contributed by atoms with Crippen molar-refractivity contribution >= 4 is 40.8 Å². The molecule has 0 spiro atoms. The summed E-state index contributed by atoms with van der Waals surface area (Å²) in [6.45, 7) is 7.73. The van der Waals surface area contributed by atoms with Crippen molar-refractivity contribution in [3.05, 3.63) is 11.6 Å². The fourth-order valence-electron chi connectivity index (χ4n) is 2.24. The summed E-state index contributed by atoms with van der Waals surface area (Å²) in [4.78, 5) is 11.1. The third-order valence-corrected chi connectivity index (χ3v) is 6.53. The van der Waals surface area contributed by atoms with Gasteiger partial charge in [0.1, 0.15) is 4.34 Å². The molecule has 0 bridgehead atoms. The number of nitrogens with zero attached hydrogens (tertiary/aromatic N) is 3. The lowest BCUT2D eigenvalue weighted by molar-refractivity contribution is 0.376. The number of hydrogen-bond donors (Lipinski definition) is 1. The van der Waals surface area contributed by atoms with Crippen molar-refractivity contribution in [1.82, 2.24) is 15.2 Å². The summed E-state index contributed by atoms with van der Waals surface area (Å²) < 4.78 is 1.48. The van der Waals surface area contributed by atoms with Crippen LogP contribution >= 0.6 is 34.9 Å². The lowest BCUT2D eigenvalue weighted by Gasteiger charge is -2.39. The second-order valence-electron chi connectivity index (χ2n) is 5.50. The van der Waals surface area contributed by atoms with Crippen LogP contribution in [0.15, 0.2) is 20.9 Å². The van der Waals surface area contributed by atoms with Crippen LogP contribution in [-0.2, 0) is 0 Å². The van der Waals surface area contributed by atoms with Gasteiger partial charge in [0.2, 0.25) is 0 Å². The van der Waals surface area contributed by atoms with E-state index in [2.05, 4.69) is 34.0 Å². The molecule has 21 heavy (non-hydrogen) atoms. The van der Waals surface area contributed by atoms with Crippen molar-refractivity contribution in [3.8, 4) is 0 Å². The first-order valence-corrected chi connectivity index (χ1v) is 10.1. The molecular weight excluding hydrogens is 320 g/mol. The SMILES string of the molecule is CN=C(NCCCSc1nccs1)N1CCSC(C)(C)C1. The maximum Gasteiger partial charge on any atom is 0.193 e. The molecule has 4 nitrogen and oxygen atoms in total. The highest BCUT2D eigenvalue weighted by molar-refractivity contribution is 8.01. The van der Waals surface area contributed by atoms with Crippen LogP contribution in [0.4, 0.5) is 0 Å². The number of aliphatic imine (C=N–C) groups is 1. The van der Waals surface area contributed by atoms with E-state index < -0.39 is 0 Å². The molecular formula is C14H24N4S3. The van der Waals surface area contributed by atoms with Crippen molar-refractivity contribution in [3.63, 3.8) is 0 Å². The van der Waals surface area contributed by atoms with Crippen molar-refractivity contribution in [2.75, 3.05) is 38.2 Å². The molecule has 2 heterocycles. The average Bonchev–Trinajstić information content (AvgIpc) is 2.95. The van der Waals surface area contributed by atoms with Crippen molar-refractivity contribution in [1.29, 1.82) is 0 Å². The first-order chi connectivity index (χ1) is 10.1. The van der Waals surface area contributed by atoms with E-state index in [1.54, 1.807) is 11.3 Å². The van der Waals surface area contributed by atoms with Crippen LogP contribution in [0.25, 0.3) is 0 Å². The lowest BCUT2D eigenvalue weighted by Crippen LogP contribution is -2.51. The highest BCUT2D eigenvalue weighted by atomic mass is 32.2. The van der Waals surface area contributed by atoms with Crippen LogP contribution in [0.1, 0.15) is 20.3 Å². The molecule has 118 valence electrons. The minimum Gasteiger partial charge on any atom is -0.356 e. The van der Waals surface area contributed by atoms with Crippen LogP contribution in [0.2, 0.25) is 0 Å². The van der Waals surface area contributed by atoms with Gasteiger partial charge in [0.05, 0.1) is 0 Å². The molecule has 7 heteroatoms. The second kappa shape index (κ2) is 8.29. The number of hydrogen-bond acceptors (Lipinski definition) is 5. The van der Waals surface area contributed by atoms with E-state index in [1.807, 2.05) is 42.1 Å². The largest absolute Gasteiger partial charge is 0.356 e. The molecule has 0 amide bonds.